The minimum absolute atomic E-state index is 0.183. The van der Waals surface area contributed by atoms with Gasteiger partial charge >= 0.3 is 0 Å². The maximum absolute atomic E-state index is 11.8. The molecular weight excluding hydrogens is 348 g/mol. The molecule has 27 heavy (non-hydrogen) atoms. The summed E-state index contributed by atoms with van der Waals surface area (Å²) >= 11 is 0. The van der Waals surface area contributed by atoms with Crippen molar-refractivity contribution in [1.29, 1.82) is 0 Å². The van der Waals surface area contributed by atoms with E-state index in [9.17, 15) is 4.79 Å². The Morgan fingerprint density at radius 3 is 2.96 bits per heavy atom. The second kappa shape index (κ2) is 7.98. The number of nitrogens with zero attached hydrogens (tertiary/aromatic N) is 4. The molecule has 10 nitrogen and oxygen atoms in total. The van der Waals surface area contributed by atoms with Crippen LogP contribution in [0.3, 0.4) is 0 Å². The van der Waals surface area contributed by atoms with E-state index in [0.29, 0.717) is 24.9 Å². The summed E-state index contributed by atoms with van der Waals surface area (Å²) in [5.74, 6) is 0.00239. The van der Waals surface area contributed by atoms with Crippen molar-refractivity contribution in [3.8, 4) is 0 Å². The van der Waals surface area contributed by atoms with Crippen LogP contribution < -0.4 is 22.1 Å². The summed E-state index contributed by atoms with van der Waals surface area (Å²) in [5, 5.41) is 11.5. The van der Waals surface area contributed by atoms with Gasteiger partial charge in [0.1, 0.15) is 11.4 Å². The number of carbonyl (C=O) groups excluding carboxylic acids is 1. The Hall–Kier alpha value is -3.24. The normalized spacial score (nSPS) is 12.1. The van der Waals surface area contributed by atoms with Gasteiger partial charge in [-0.1, -0.05) is 6.07 Å². The zero-order chi connectivity index (χ0) is 19.4. The molecule has 10 heteroatoms. The third kappa shape index (κ3) is 4.30. The van der Waals surface area contributed by atoms with Crippen LogP contribution in [-0.2, 0) is 11.8 Å². The van der Waals surface area contributed by atoms with E-state index in [1.54, 1.807) is 11.8 Å². The van der Waals surface area contributed by atoms with Gasteiger partial charge in [0, 0.05) is 44.5 Å². The predicted octanol–water partition coefficient (Wildman–Crippen LogP) is 0.591. The minimum Gasteiger partial charge on any atom is -0.383 e. The van der Waals surface area contributed by atoms with Crippen LogP contribution in [0.2, 0.25) is 0 Å². The number of carbonyl (C=O) groups is 1. The Labute approximate surface area is 155 Å². The third-order valence-electron chi connectivity index (χ3n) is 3.87. The van der Waals surface area contributed by atoms with Gasteiger partial charge in [-0.3, -0.25) is 9.48 Å². The van der Waals surface area contributed by atoms with Crippen LogP contribution in [0.5, 0.6) is 0 Å². The Bertz CT molecular complexity index is 955. The number of benzene rings is 1. The summed E-state index contributed by atoms with van der Waals surface area (Å²) in [6.45, 7) is 0.821. The zero-order valence-electron chi connectivity index (χ0n) is 15.1. The average molecular weight is 370 g/mol. The molecule has 142 valence electrons. The lowest BCUT2D eigenvalue weighted by Gasteiger charge is -2.14. The van der Waals surface area contributed by atoms with Gasteiger partial charge in [-0.2, -0.15) is 10.1 Å². The number of primary amides is 1. The van der Waals surface area contributed by atoms with E-state index in [4.69, 9.17) is 16.2 Å². The number of anilines is 3. The fourth-order valence-electron chi connectivity index (χ4n) is 2.64. The van der Waals surface area contributed by atoms with E-state index < -0.39 is 5.91 Å². The molecule has 0 saturated carbocycles. The molecule has 0 fully saturated rings. The fourth-order valence-corrected chi connectivity index (χ4v) is 2.64. The lowest BCUT2D eigenvalue weighted by Crippen LogP contribution is -2.33. The average Bonchev–Trinajstić information content (AvgIpc) is 3.01. The summed E-state index contributed by atoms with van der Waals surface area (Å²) in [5.41, 5.74) is 13.1. The van der Waals surface area contributed by atoms with Crippen molar-refractivity contribution in [2.45, 2.75) is 6.04 Å². The molecule has 6 N–H and O–H groups in total. The van der Waals surface area contributed by atoms with Crippen molar-refractivity contribution in [2.24, 2.45) is 18.5 Å². The van der Waals surface area contributed by atoms with Crippen LogP contribution >= 0.6 is 0 Å². The van der Waals surface area contributed by atoms with E-state index in [-0.39, 0.29) is 11.6 Å². The summed E-state index contributed by atoms with van der Waals surface area (Å²) in [7, 11) is 3.42. The second-order valence-corrected chi connectivity index (χ2v) is 6.08. The first-order chi connectivity index (χ1) is 13.0. The smallest absolute Gasteiger partial charge is 0.254 e. The minimum atomic E-state index is -0.626. The highest BCUT2D eigenvalue weighted by atomic mass is 16.5. The molecule has 1 unspecified atom stereocenters. The number of aromatic nitrogens is 4. The van der Waals surface area contributed by atoms with Gasteiger partial charge < -0.3 is 26.8 Å². The van der Waals surface area contributed by atoms with Crippen molar-refractivity contribution in [2.75, 3.05) is 30.9 Å². The number of hydrogen-bond acceptors (Lipinski definition) is 8. The number of aryl methyl sites for hydroxylation is 1. The van der Waals surface area contributed by atoms with E-state index in [0.717, 1.165) is 16.6 Å². The number of amides is 1. The van der Waals surface area contributed by atoms with Crippen molar-refractivity contribution >= 4 is 34.3 Å². The van der Waals surface area contributed by atoms with Crippen LogP contribution in [0.15, 0.2) is 30.6 Å². The predicted molar refractivity (Wildman–Crippen MR) is 103 cm³/mol. The quantitative estimate of drug-likeness (QED) is 0.451. The number of fused-ring (bicyclic) bond motifs is 1. The van der Waals surface area contributed by atoms with Gasteiger partial charge in [-0.15, -0.1) is 0 Å². The molecule has 0 saturated heterocycles. The first kappa shape index (κ1) is 18.5. The van der Waals surface area contributed by atoms with E-state index in [1.165, 1.54) is 6.20 Å². The molecule has 2 aromatic heterocycles. The van der Waals surface area contributed by atoms with Gasteiger partial charge in [0.05, 0.1) is 17.8 Å². The van der Waals surface area contributed by atoms with Crippen molar-refractivity contribution in [3.05, 3.63) is 36.2 Å². The molecule has 3 aromatic rings. The van der Waals surface area contributed by atoms with Crippen molar-refractivity contribution in [1.82, 2.24) is 19.7 Å². The first-order valence-corrected chi connectivity index (χ1v) is 8.32. The summed E-state index contributed by atoms with van der Waals surface area (Å²) < 4.78 is 6.72. The van der Waals surface area contributed by atoms with E-state index in [1.807, 2.05) is 31.4 Å². The molecule has 0 aliphatic heterocycles. The molecule has 0 spiro atoms. The Balaban J connectivity index is 1.89. The summed E-state index contributed by atoms with van der Waals surface area (Å²) in [6.07, 6.45) is 3.26. The van der Waals surface area contributed by atoms with Crippen molar-refractivity contribution < 1.29 is 9.53 Å². The topological polar surface area (TPSA) is 146 Å². The number of rotatable bonds is 8. The lowest BCUT2D eigenvalue weighted by atomic mass is 10.2. The Morgan fingerprint density at radius 1 is 1.41 bits per heavy atom. The molecule has 0 aliphatic rings. The molecular formula is C17H22N8O2. The third-order valence-corrected chi connectivity index (χ3v) is 3.87. The van der Waals surface area contributed by atoms with Crippen LogP contribution in [-0.4, -0.2) is 52.0 Å². The standard InChI is InChI=1S/C17H22N8O2/c1-25-8-12-13(4-3-5-14(12)24-25)22-16-11(15(19)26)7-21-17(23-16)20-6-10(18)9-27-2/h3-5,7-8,10H,6,9,18H2,1-2H3,(H2,19,26)(H2,20,21,22,23). The summed E-state index contributed by atoms with van der Waals surface area (Å²) in [6, 6.07) is 5.43. The van der Waals surface area contributed by atoms with Gasteiger partial charge in [-0.25, -0.2) is 4.98 Å². The zero-order valence-corrected chi connectivity index (χ0v) is 15.1. The molecule has 2 heterocycles. The number of nitrogens with one attached hydrogen (secondary N) is 2. The van der Waals surface area contributed by atoms with Crippen molar-refractivity contribution in [3.63, 3.8) is 0 Å². The van der Waals surface area contributed by atoms with E-state index >= 15 is 0 Å². The fraction of sp³-hybridized carbons (Fsp3) is 0.294. The highest BCUT2D eigenvalue weighted by Gasteiger charge is 2.14. The Morgan fingerprint density at radius 2 is 2.22 bits per heavy atom. The maximum Gasteiger partial charge on any atom is 0.254 e. The second-order valence-electron chi connectivity index (χ2n) is 6.08. The van der Waals surface area contributed by atoms with Gasteiger partial charge in [0.15, 0.2) is 0 Å². The molecule has 1 atom stereocenters. The number of nitrogens with two attached hydrogens (primary N) is 2. The van der Waals surface area contributed by atoms with E-state index in [2.05, 4.69) is 25.7 Å². The molecule has 1 aromatic carbocycles. The molecule has 1 amide bonds. The Kier molecular flexibility index (Phi) is 5.48. The molecule has 0 radical (unpaired) electrons. The first-order valence-electron chi connectivity index (χ1n) is 8.32. The van der Waals surface area contributed by atoms with Gasteiger partial charge in [-0.05, 0) is 12.1 Å². The SMILES string of the molecule is COCC(N)CNc1ncc(C(N)=O)c(Nc2cccc3nn(C)cc23)n1. The highest BCUT2D eigenvalue weighted by Crippen LogP contribution is 2.26. The largest absolute Gasteiger partial charge is 0.383 e. The van der Waals surface area contributed by atoms with Gasteiger partial charge in [0.2, 0.25) is 5.95 Å². The maximum atomic E-state index is 11.8. The molecule has 3 rings (SSSR count). The number of ether oxygens (including phenoxy) is 1. The lowest BCUT2D eigenvalue weighted by molar-refractivity contribution is 0.100. The van der Waals surface area contributed by atoms with Crippen LogP contribution in [0, 0.1) is 0 Å². The van der Waals surface area contributed by atoms with Gasteiger partial charge in [0.25, 0.3) is 5.91 Å². The van der Waals surface area contributed by atoms with Crippen LogP contribution in [0.1, 0.15) is 10.4 Å². The molecule has 0 bridgehead atoms. The van der Waals surface area contributed by atoms with Crippen LogP contribution in [0.4, 0.5) is 17.5 Å². The van der Waals surface area contributed by atoms with Crippen LogP contribution in [0.25, 0.3) is 10.9 Å². The highest BCUT2D eigenvalue weighted by molar-refractivity contribution is 6.00. The summed E-state index contributed by atoms with van der Waals surface area (Å²) in [4.78, 5) is 20.3. The molecule has 0 aliphatic carbocycles. The number of methoxy groups -OCH3 is 1. The number of hydrogen-bond donors (Lipinski definition) is 4. The monoisotopic (exact) mass is 370 g/mol.